The second-order valence-electron chi connectivity index (χ2n) is 12.8. The Morgan fingerprint density at radius 2 is 1.60 bits per heavy atom. The van der Waals surface area contributed by atoms with Gasteiger partial charge >= 0.3 is 12.1 Å². The summed E-state index contributed by atoms with van der Waals surface area (Å²) in [5.74, 6) is -2.34. The number of ketones is 2. The van der Waals surface area contributed by atoms with Gasteiger partial charge < -0.3 is 20.1 Å². The number of amides is 2. The van der Waals surface area contributed by atoms with Gasteiger partial charge in [-0.05, 0) is 53.5 Å². The summed E-state index contributed by atoms with van der Waals surface area (Å²) in [5, 5.41) is 7.54. The van der Waals surface area contributed by atoms with Crippen molar-refractivity contribution in [3.05, 3.63) is 83.9 Å². The Labute approximate surface area is 276 Å². The van der Waals surface area contributed by atoms with Crippen LogP contribution in [0, 0.1) is 17.8 Å². The second kappa shape index (κ2) is 17.4. The largest absolute Gasteiger partial charge is 0.467 e. The Morgan fingerprint density at radius 1 is 0.872 bits per heavy atom. The van der Waals surface area contributed by atoms with Crippen molar-refractivity contribution < 1.29 is 33.4 Å². The summed E-state index contributed by atoms with van der Waals surface area (Å²) in [6, 6.07) is 20.9. The van der Waals surface area contributed by atoms with E-state index in [1.165, 1.54) is 7.11 Å². The van der Waals surface area contributed by atoms with Crippen molar-refractivity contribution in [1.82, 2.24) is 10.6 Å². The van der Waals surface area contributed by atoms with Gasteiger partial charge in [0.2, 0.25) is 5.91 Å². The molecule has 0 spiro atoms. The lowest BCUT2D eigenvalue weighted by Crippen LogP contribution is -2.48. The van der Waals surface area contributed by atoms with Gasteiger partial charge in [0, 0.05) is 31.1 Å². The predicted molar refractivity (Wildman–Crippen MR) is 179 cm³/mol. The summed E-state index contributed by atoms with van der Waals surface area (Å²) >= 11 is 0. The van der Waals surface area contributed by atoms with E-state index in [2.05, 4.69) is 10.6 Å². The van der Waals surface area contributed by atoms with Crippen LogP contribution in [0.5, 0.6) is 0 Å². The molecule has 4 atom stereocenters. The smallest absolute Gasteiger partial charge is 0.408 e. The van der Waals surface area contributed by atoms with Crippen LogP contribution in [-0.2, 0) is 41.7 Å². The fourth-order valence-electron chi connectivity index (χ4n) is 6.31. The van der Waals surface area contributed by atoms with E-state index in [9.17, 15) is 24.0 Å². The van der Waals surface area contributed by atoms with Crippen LogP contribution >= 0.6 is 0 Å². The highest BCUT2D eigenvalue weighted by atomic mass is 16.5. The van der Waals surface area contributed by atoms with E-state index in [4.69, 9.17) is 9.47 Å². The summed E-state index contributed by atoms with van der Waals surface area (Å²) < 4.78 is 10.4. The van der Waals surface area contributed by atoms with Crippen molar-refractivity contribution in [1.29, 1.82) is 0 Å². The normalized spacial score (nSPS) is 16.6. The van der Waals surface area contributed by atoms with E-state index in [0.29, 0.717) is 19.3 Å². The van der Waals surface area contributed by atoms with Gasteiger partial charge in [0.05, 0.1) is 13.2 Å². The molecule has 4 rings (SSSR count). The van der Waals surface area contributed by atoms with E-state index >= 15 is 0 Å². The summed E-state index contributed by atoms with van der Waals surface area (Å²) in [7, 11) is 1.25. The van der Waals surface area contributed by atoms with E-state index in [1.54, 1.807) is 0 Å². The number of rotatable bonds is 15. The van der Waals surface area contributed by atoms with Gasteiger partial charge in [-0.1, -0.05) is 93.1 Å². The first-order chi connectivity index (χ1) is 22.6. The minimum atomic E-state index is -0.998. The van der Waals surface area contributed by atoms with E-state index in [1.807, 2.05) is 86.6 Å². The number of ether oxygens (including phenoxy) is 2. The van der Waals surface area contributed by atoms with Gasteiger partial charge in [0.15, 0.2) is 5.78 Å². The number of esters is 1. The molecule has 0 aromatic heterocycles. The van der Waals surface area contributed by atoms with Crippen molar-refractivity contribution >= 4 is 40.3 Å². The summed E-state index contributed by atoms with van der Waals surface area (Å²) in [6.07, 6.45) is 2.71. The summed E-state index contributed by atoms with van der Waals surface area (Å²) in [5.41, 5.74) is 1.68. The van der Waals surface area contributed by atoms with Gasteiger partial charge in [-0.3, -0.25) is 14.4 Å². The third-order valence-electron chi connectivity index (χ3n) is 8.78. The van der Waals surface area contributed by atoms with Crippen LogP contribution in [0.3, 0.4) is 0 Å². The molecule has 9 heteroatoms. The molecule has 0 radical (unpaired) electrons. The quantitative estimate of drug-likeness (QED) is 0.192. The number of alkyl carbamates (subject to hydrolysis) is 1. The zero-order valence-corrected chi connectivity index (χ0v) is 27.5. The molecule has 0 unspecified atom stereocenters. The maximum atomic E-state index is 14.0. The number of carbonyl (C=O) groups excluding carboxylic acids is 5. The van der Waals surface area contributed by atoms with Crippen molar-refractivity contribution in [3.63, 3.8) is 0 Å². The molecule has 9 nitrogen and oxygen atoms in total. The Morgan fingerprint density at radius 3 is 2.32 bits per heavy atom. The molecule has 0 heterocycles. The highest BCUT2D eigenvalue weighted by Gasteiger charge is 2.34. The van der Waals surface area contributed by atoms with E-state index in [-0.39, 0.29) is 49.3 Å². The monoisotopic (exact) mass is 642 g/mol. The molecule has 0 aliphatic heterocycles. The van der Waals surface area contributed by atoms with Gasteiger partial charge in [-0.2, -0.15) is 0 Å². The zero-order valence-electron chi connectivity index (χ0n) is 27.5. The lowest BCUT2D eigenvalue weighted by atomic mass is 9.83. The van der Waals surface area contributed by atoms with Crippen LogP contribution in [0.25, 0.3) is 10.8 Å². The number of Topliss-reactive ketones (excluding diaryl/α,β-unsaturated/α-hetero) is 2. The lowest BCUT2D eigenvalue weighted by molar-refractivity contribution is -0.146. The first-order valence-corrected chi connectivity index (χ1v) is 16.5. The number of fused-ring (bicyclic) bond motifs is 1. The van der Waals surface area contributed by atoms with Crippen molar-refractivity contribution in [2.75, 3.05) is 7.11 Å². The number of hydrogen-bond acceptors (Lipinski definition) is 7. The van der Waals surface area contributed by atoms with Crippen LogP contribution in [0.2, 0.25) is 0 Å². The van der Waals surface area contributed by atoms with Crippen molar-refractivity contribution in [2.45, 2.75) is 83.9 Å². The van der Waals surface area contributed by atoms with Crippen molar-refractivity contribution in [2.24, 2.45) is 17.8 Å². The molecule has 3 aromatic carbocycles. The fourth-order valence-corrected chi connectivity index (χ4v) is 6.31. The Kier molecular flexibility index (Phi) is 13.1. The number of nitrogens with one attached hydrogen (secondary N) is 2. The number of carbonyl (C=O) groups is 5. The molecule has 47 heavy (non-hydrogen) atoms. The van der Waals surface area contributed by atoms with Gasteiger partial charge in [0.1, 0.15) is 18.4 Å². The molecule has 2 amide bonds. The molecule has 250 valence electrons. The Hall–Kier alpha value is -4.53. The van der Waals surface area contributed by atoms with Crippen molar-refractivity contribution in [3.8, 4) is 0 Å². The molecule has 3 aromatic rings. The molecular formula is C38H46N2O7. The van der Waals surface area contributed by atoms with E-state index in [0.717, 1.165) is 34.7 Å². The molecule has 0 bridgehead atoms. The Balaban J connectivity index is 1.53. The number of hydrogen-bond donors (Lipinski definition) is 2. The van der Waals surface area contributed by atoms with Gasteiger partial charge in [-0.25, -0.2) is 9.59 Å². The average Bonchev–Trinajstić information content (AvgIpc) is 3.07. The first-order valence-electron chi connectivity index (χ1n) is 16.5. The van der Waals surface area contributed by atoms with Crippen LogP contribution in [0.1, 0.15) is 69.9 Å². The van der Waals surface area contributed by atoms with Crippen LogP contribution in [-0.4, -0.2) is 48.7 Å². The van der Waals surface area contributed by atoms with Crippen LogP contribution in [0.15, 0.2) is 72.8 Å². The maximum Gasteiger partial charge on any atom is 0.408 e. The minimum Gasteiger partial charge on any atom is -0.467 e. The third-order valence-corrected chi connectivity index (χ3v) is 8.78. The number of benzene rings is 3. The van der Waals surface area contributed by atoms with E-state index < -0.39 is 36.0 Å². The van der Waals surface area contributed by atoms with Gasteiger partial charge in [0.25, 0.3) is 0 Å². The maximum absolute atomic E-state index is 14.0. The standard InChI is InChI=1S/C38H46N2O7/c1-25(2)20-30(36(43)39-33(37(44)46-3)22-29-15-8-10-19-34(29)41)23-35(42)32(40-38(45)47-24-26-12-5-4-6-13-26)21-28-17-11-16-27-14-7-9-18-31(27)28/h4-7,9,11-14,16-18,25,29-30,32-33H,8,10,15,19-24H2,1-3H3,(H,39,43)(H,40,45)/t29-,30+,32+,33-/m0/s1. The molecule has 0 saturated heterocycles. The zero-order chi connectivity index (χ0) is 33.8. The SMILES string of the molecule is COC(=O)[C@H](C[C@@H]1CCCCC1=O)NC(=O)[C@@H](CC(=O)[C@@H](Cc1cccc2ccccc12)NC(=O)OCc1ccccc1)CC(C)C. The molecule has 1 saturated carbocycles. The van der Waals surface area contributed by atoms with Gasteiger partial charge in [-0.15, -0.1) is 0 Å². The predicted octanol–water partition coefficient (Wildman–Crippen LogP) is 6.11. The average molecular weight is 643 g/mol. The molecule has 1 aliphatic rings. The lowest BCUT2D eigenvalue weighted by Gasteiger charge is -2.27. The highest BCUT2D eigenvalue weighted by Crippen LogP contribution is 2.26. The Bertz CT molecular complexity index is 1530. The second-order valence-corrected chi connectivity index (χ2v) is 12.8. The molecular weight excluding hydrogens is 596 g/mol. The molecule has 1 aliphatic carbocycles. The fraction of sp³-hybridized carbons (Fsp3) is 0.447. The molecule has 1 fully saturated rings. The van der Waals surface area contributed by atoms with Crippen LogP contribution in [0.4, 0.5) is 4.79 Å². The minimum absolute atomic E-state index is 0.0403. The number of methoxy groups -OCH3 is 1. The summed E-state index contributed by atoms with van der Waals surface area (Å²) in [6.45, 7) is 3.95. The molecule has 2 N–H and O–H groups in total. The summed E-state index contributed by atoms with van der Waals surface area (Å²) in [4.78, 5) is 66.0. The topological polar surface area (TPSA) is 128 Å². The first kappa shape index (κ1) is 35.3. The third kappa shape index (κ3) is 10.5. The van der Waals surface area contributed by atoms with Crippen LogP contribution < -0.4 is 10.6 Å². The highest BCUT2D eigenvalue weighted by molar-refractivity contribution is 5.94.